The minimum absolute atomic E-state index is 0.286. The Balaban J connectivity index is 1.59. The van der Waals surface area contributed by atoms with Gasteiger partial charge in [-0.1, -0.05) is 17.8 Å². The number of aromatic nitrogens is 2. The van der Waals surface area contributed by atoms with E-state index in [1.807, 2.05) is 0 Å². The van der Waals surface area contributed by atoms with Crippen LogP contribution in [0.4, 0.5) is 11.5 Å². The summed E-state index contributed by atoms with van der Waals surface area (Å²) in [6.07, 6.45) is 5.74. The lowest BCUT2D eigenvalue weighted by Gasteiger charge is -2.33. The molecule has 1 saturated heterocycles. The van der Waals surface area contributed by atoms with Crippen LogP contribution in [0.1, 0.15) is 18.4 Å². The van der Waals surface area contributed by atoms with Crippen molar-refractivity contribution in [1.29, 1.82) is 0 Å². The topological polar surface area (TPSA) is 61.7 Å². The molecule has 0 spiro atoms. The van der Waals surface area contributed by atoms with Gasteiger partial charge in [-0.25, -0.2) is 9.97 Å². The molecule has 1 unspecified atom stereocenters. The second kappa shape index (κ2) is 7.92. The number of ether oxygens (including phenoxy) is 1. The van der Waals surface area contributed by atoms with Crippen molar-refractivity contribution in [2.24, 2.45) is 5.92 Å². The van der Waals surface area contributed by atoms with Crippen LogP contribution in [0.2, 0.25) is 0 Å². The van der Waals surface area contributed by atoms with Crippen molar-refractivity contribution in [2.75, 3.05) is 38.4 Å². The summed E-state index contributed by atoms with van der Waals surface area (Å²) in [6.45, 7) is 3.70. The molecular weight excluding hydrogens is 348 g/mol. The van der Waals surface area contributed by atoms with Crippen molar-refractivity contribution in [2.45, 2.75) is 29.3 Å². The highest BCUT2D eigenvalue weighted by Crippen LogP contribution is 2.46. The highest BCUT2D eigenvalue weighted by molar-refractivity contribution is 7.99. The zero-order valence-electron chi connectivity index (χ0n) is 15.0. The number of aliphatic hydroxyl groups excluding tert-OH is 1. The lowest BCUT2D eigenvalue weighted by atomic mass is 9.98. The molecule has 3 heterocycles. The van der Waals surface area contributed by atoms with Crippen LogP contribution < -0.4 is 4.90 Å². The standard InChI is InChI=1S/C19H24N4O2S/c1-25-13-23-16-9-14(10-22-8-2-3-15(11-22)12-24)4-5-17(16)26-19-18(23)20-6-7-21-19/h4-7,9,15,24H,2-3,8,10-13H2,1H3. The van der Waals surface area contributed by atoms with E-state index >= 15 is 0 Å². The smallest absolute Gasteiger partial charge is 0.168 e. The van der Waals surface area contributed by atoms with Crippen molar-refractivity contribution in [3.8, 4) is 0 Å². The van der Waals surface area contributed by atoms with E-state index in [2.05, 4.69) is 38.0 Å². The van der Waals surface area contributed by atoms with E-state index in [1.54, 1.807) is 31.3 Å². The van der Waals surface area contributed by atoms with Crippen LogP contribution in [0.25, 0.3) is 0 Å². The number of benzene rings is 1. The Bertz CT molecular complexity index is 773. The predicted octanol–water partition coefficient (Wildman–Crippen LogP) is 2.89. The van der Waals surface area contributed by atoms with Crippen LogP contribution in [0, 0.1) is 5.92 Å². The fraction of sp³-hybridized carbons (Fsp3) is 0.474. The molecule has 0 aliphatic carbocycles. The Morgan fingerprint density at radius 3 is 3.04 bits per heavy atom. The number of methoxy groups -OCH3 is 1. The van der Waals surface area contributed by atoms with Gasteiger partial charge in [0, 0.05) is 44.1 Å². The van der Waals surface area contributed by atoms with Crippen LogP contribution in [-0.4, -0.2) is 53.5 Å². The third kappa shape index (κ3) is 3.57. The summed E-state index contributed by atoms with van der Waals surface area (Å²) in [5.74, 6) is 1.26. The number of nitrogens with zero attached hydrogens (tertiary/aromatic N) is 4. The minimum atomic E-state index is 0.286. The van der Waals surface area contributed by atoms with Gasteiger partial charge in [-0.05, 0) is 43.0 Å². The number of hydrogen-bond donors (Lipinski definition) is 1. The highest BCUT2D eigenvalue weighted by Gasteiger charge is 2.26. The van der Waals surface area contributed by atoms with Crippen molar-refractivity contribution in [1.82, 2.24) is 14.9 Å². The maximum atomic E-state index is 9.46. The van der Waals surface area contributed by atoms with Gasteiger partial charge < -0.3 is 9.84 Å². The molecule has 138 valence electrons. The SMILES string of the molecule is COCN1c2cc(CN3CCCC(CO)C3)ccc2Sc2nccnc21. The highest BCUT2D eigenvalue weighted by atomic mass is 32.2. The van der Waals surface area contributed by atoms with Crippen LogP contribution in [0.15, 0.2) is 40.5 Å². The van der Waals surface area contributed by atoms with Gasteiger partial charge in [0.25, 0.3) is 0 Å². The molecule has 2 aliphatic rings. The van der Waals surface area contributed by atoms with Crippen LogP contribution in [-0.2, 0) is 11.3 Å². The van der Waals surface area contributed by atoms with Crippen molar-refractivity contribution in [3.05, 3.63) is 36.2 Å². The largest absolute Gasteiger partial charge is 0.396 e. The van der Waals surface area contributed by atoms with Crippen LogP contribution >= 0.6 is 11.8 Å². The van der Waals surface area contributed by atoms with Gasteiger partial charge >= 0.3 is 0 Å². The molecule has 0 bridgehead atoms. The molecule has 4 rings (SSSR count). The maximum absolute atomic E-state index is 9.46. The molecule has 6 nitrogen and oxygen atoms in total. The normalized spacial score (nSPS) is 19.9. The summed E-state index contributed by atoms with van der Waals surface area (Å²) < 4.78 is 5.42. The Morgan fingerprint density at radius 2 is 2.19 bits per heavy atom. The quantitative estimate of drug-likeness (QED) is 0.866. The third-order valence-corrected chi connectivity index (χ3v) is 6.00. The van der Waals surface area contributed by atoms with E-state index in [1.165, 1.54) is 10.5 Å². The Labute approximate surface area is 158 Å². The summed E-state index contributed by atoms with van der Waals surface area (Å²) in [5, 5.41) is 10.4. The molecule has 0 radical (unpaired) electrons. The Hall–Kier alpha value is -1.67. The molecule has 1 fully saturated rings. The fourth-order valence-electron chi connectivity index (χ4n) is 3.71. The van der Waals surface area contributed by atoms with Gasteiger partial charge in [0.2, 0.25) is 0 Å². The first-order chi connectivity index (χ1) is 12.8. The Morgan fingerprint density at radius 1 is 1.31 bits per heavy atom. The monoisotopic (exact) mass is 372 g/mol. The lowest BCUT2D eigenvalue weighted by Crippen LogP contribution is -2.36. The second-order valence-electron chi connectivity index (χ2n) is 6.86. The summed E-state index contributed by atoms with van der Waals surface area (Å²) in [6, 6.07) is 6.60. The van der Waals surface area contributed by atoms with Crippen LogP contribution in [0.3, 0.4) is 0 Å². The fourth-order valence-corrected chi connectivity index (χ4v) is 4.70. The van der Waals surface area contributed by atoms with Gasteiger partial charge in [-0.3, -0.25) is 9.80 Å². The number of fused-ring (bicyclic) bond motifs is 2. The van der Waals surface area contributed by atoms with Crippen LogP contribution in [0.5, 0.6) is 0 Å². The summed E-state index contributed by atoms with van der Waals surface area (Å²) in [4.78, 5) is 14.7. The van der Waals surface area contributed by atoms with Gasteiger partial charge in [-0.15, -0.1) is 0 Å². The van der Waals surface area contributed by atoms with Gasteiger partial charge in [0.1, 0.15) is 11.8 Å². The molecule has 1 aromatic carbocycles. The summed E-state index contributed by atoms with van der Waals surface area (Å²) >= 11 is 1.65. The predicted molar refractivity (Wildman–Crippen MR) is 102 cm³/mol. The number of aliphatic hydroxyl groups is 1. The number of hydrogen-bond acceptors (Lipinski definition) is 7. The average molecular weight is 372 g/mol. The van der Waals surface area contributed by atoms with Gasteiger partial charge in [0.15, 0.2) is 5.82 Å². The van der Waals surface area contributed by atoms with Gasteiger partial charge in [-0.2, -0.15) is 0 Å². The first-order valence-electron chi connectivity index (χ1n) is 9.00. The zero-order valence-corrected chi connectivity index (χ0v) is 15.8. The molecular formula is C19H24N4O2S. The molecule has 0 amide bonds. The number of likely N-dealkylation sites (tertiary alicyclic amines) is 1. The first-order valence-corrected chi connectivity index (χ1v) is 9.81. The number of piperidine rings is 1. The Kier molecular flexibility index (Phi) is 5.40. The number of rotatable bonds is 5. The molecule has 7 heteroatoms. The molecule has 2 aliphatic heterocycles. The van der Waals surface area contributed by atoms with Gasteiger partial charge in [0.05, 0.1) is 5.69 Å². The van der Waals surface area contributed by atoms with E-state index < -0.39 is 0 Å². The summed E-state index contributed by atoms with van der Waals surface area (Å²) in [5.41, 5.74) is 2.40. The lowest BCUT2D eigenvalue weighted by molar-refractivity contribution is 0.116. The zero-order chi connectivity index (χ0) is 17.9. The molecule has 1 N–H and O–H groups in total. The third-order valence-electron chi connectivity index (χ3n) is 4.95. The van der Waals surface area contributed by atoms with E-state index in [4.69, 9.17) is 4.74 Å². The molecule has 2 aromatic rings. The minimum Gasteiger partial charge on any atom is -0.396 e. The van der Waals surface area contributed by atoms with Crippen molar-refractivity contribution < 1.29 is 9.84 Å². The molecule has 0 saturated carbocycles. The van der Waals surface area contributed by atoms with E-state index in [9.17, 15) is 5.11 Å². The molecule has 1 aromatic heterocycles. The summed E-state index contributed by atoms with van der Waals surface area (Å²) in [7, 11) is 1.70. The average Bonchev–Trinajstić information content (AvgIpc) is 2.68. The maximum Gasteiger partial charge on any atom is 0.168 e. The second-order valence-corrected chi connectivity index (χ2v) is 7.89. The van der Waals surface area contributed by atoms with E-state index in [0.29, 0.717) is 12.6 Å². The number of anilines is 2. The first kappa shape index (κ1) is 17.7. The molecule has 26 heavy (non-hydrogen) atoms. The van der Waals surface area contributed by atoms with Crippen molar-refractivity contribution >= 4 is 23.3 Å². The van der Waals surface area contributed by atoms with Crippen molar-refractivity contribution in [3.63, 3.8) is 0 Å². The van der Waals surface area contributed by atoms with E-state index in [-0.39, 0.29) is 6.61 Å². The molecule has 1 atom stereocenters. The van der Waals surface area contributed by atoms with E-state index in [0.717, 1.165) is 49.0 Å².